The molecule has 2 rings (SSSR count). The SMILES string of the molecule is Cc1cc(C(=O)O)ccc1S(=O)(=O)Nc1nn(C(C)C)cc1C#N. The molecule has 24 heavy (non-hydrogen) atoms. The third kappa shape index (κ3) is 3.38. The molecule has 0 fully saturated rings. The average Bonchev–Trinajstić information content (AvgIpc) is 2.89. The van der Waals surface area contributed by atoms with E-state index < -0.39 is 16.0 Å². The van der Waals surface area contributed by atoms with Crippen LogP contribution in [0.1, 0.15) is 41.4 Å². The molecule has 0 radical (unpaired) electrons. The summed E-state index contributed by atoms with van der Waals surface area (Å²) in [6.45, 7) is 5.20. The van der Waals surface area contributed by atoms with E-state index in [0.717, 1.165) is 0 Å². The summed E-state index contributed by atoms with van der Waals surface area (Å²) in [6.07, 6.45) is 1.46. The third-order valence-corrected chi connectivity index (χ3v) is 4.82. The summed E-state index contributed by atoms with van der Waals surface area (Å²) in [5.74, 6) is -1.20. The van der Waals surface area contributed by atoms with E-state index in [1.54, 1.807) is 0 Å². The minimum atomic E-state index is -4.00. The van der Waals surface area contributed by atoms with E-state index >= 15 is 0 Å². The van der Waals surface area contributed by atoms with Gasteiger partial charge >= 0.3 is 5.97 Å². The van der Waals surface area contributed by atoms with E-state index in [0.29, 0.717) is 0 Å². The quantitative estimate of drug-likeness (QED) is 0.853. The van der Waals surface area contributed by atoms with Crippen LogP contribution in [0.2, 0.25) is 0 Å². The standard InChI is InChI=1S/C15H16N4O4S/c1-9(2)19-8-12(7-16)14(17-19)18-24(22,23)13-5-4-11(15(20)21)6-10(13)3/h4-6,8-9H,1-3H3,(H,17,18)(H,20,21). The highest BCUT2D eigenvalue weighted by Gasteiger charge is 2.22. The second-order valence-corrected chi connectivity index (χ2v) is 7.12. The summed E-state index contributed by atoms with van der Waals surface area (Å²) in [7, 11) is -4.00. The monoisotopic (exact) mass is 348 g/mol. The number of rotatable bonds is 5. The van der Waals surface area contributed by atoms with Crippen LogP contribution in [0.25, 0.3) is 0 Å². The van der Waals surface area contributed by atoms with Crippen molar-refractivity contribution in [3.05, 3.63) is 41.1 Å². The first-order valence-corrected chi connectivity index (χ1v) is 8.50. The van der Waals surface area contributed by atoms with Crippen LogP contribution in [0.3, 0.4) is 0 Å². The Balaban J connectivity index is 2.43. The number of nitrogens with zero attached hydrogens (tertiary/aromatic N) is 3. The van der Waals surface area contributed by atoms with Gasteiger partial charge in [-0.25, -0.2) is 13.2 Å². The molecule has 0 amide bonds. The zero-order valence-electron chi connectivity index (χ0n) is 13.3. The fourth-order valence-electron chi connectivity index (χ4n) is 2.08. The van der Waals surface area contributed by atoms with Crippen LogP contribution in [-0.2, 0) is 10.0 Å². The van der Waals surface area contributed by atoms with Crippen LogP contribution >= 0.6 is 0 Å². The number of hydrogen-bond acceptors (Lipinski definition) is 5. The number of benzene rings is 1. The summed E-state index contributed by atoms with van der Waals surface area (Å²) >= 11 is 0. The van der Waals surface area contributed by atoms with Crippen molar-refractivity contribution in [1.82, 2.24) is 9.78 Å². The van der Waals surface area contributed by atoms with E-state index in [1.807, 2.05) is 19.9 Å². The topological polar surface area (TPSA) is 125 Å². The molecule has 8 nitrogen and oxygen atoms in total. The molecule has 126 valence electrons. The van der Waals surface area contributed by atoms with Crippen molar-refractivity contribution in [1.29, 1.82) is 5.26 Å². The Kier molecular flexibility index (Phi) is 4.61. The van der Waals surface area contributed by atoms with Gasteiger partial charge in [-0.2, -0.15) is 10.4 Å². The van der Waals surface area contributed by atoms with Crippen LogP contribution in [0.15, 0.2) is 29.3 Å². The lowest BCUT2D eigenvalue weighted by Crippen LogP contribution is -2.16. The van der Waals surface area contributed by atoms with E-state index in [9.17, 15) is 13.2 Å². The lowest BCUT2D eigenvalue weighted by Gasteiger charge is -2.10. The first kappa shape index (κ1) is 17.5. The van der Waals surface area contributed by atoms with Crippen molar-refractivity contribution in [2.24, 2.45) is 0 Å². The Hall–Kier alpha value is -2.86. The number of aryl methyl sites for hydroxylation is 1. The van der Waals surface area contributed by atoms with Crippen LogP contribution in [0, 0.1) is 18.3 Å². The molecule has 2 N–H and O–H groups in total. The van der Waals surface area contributed by atoms with Gasteiger partial charge in [0.25, 0.3) is 10.0 Å². The van der Waals surface area contributed by atoms with Gasteiger partial charge in [-0.15, -0.1) is 0 Å². The van der Waals surface area contributed by atoms with Gasteiger partial charge in [0.15, 0.2) is 5.82 Å². The van der Waals surface area contributed by atoms with Crippen LogP contribution in [0.5, 0.6) is 0 Å². The molecule has 0 aliphatic carbocycles. The number of hydrogen-bond donors (Lipinski definition) is 2. The predicted molar refractivity (Wildman–Crippen MR) is 86.3 cm³/mol. The van der Waals surface area contributed by atoms with Crippen LogP contribution in [-0.4, -0.2) is 29.3 Å². The van der Waals surface area contributed by atoms with Crippen LogP contribution in [0.4, 0.5) is 5.82 Å². The van der Waals surface area contributed by atoms with E-state index in [1.165, 1.54) is 36.0 Å². The Morgan fingerprint density at radius 3 is 2.58 bits per heavy atom. The molecule has 0 saturated heterocycles. The normalized spacial score (nSPS) is 11.3. The summed E-state index contributed by atoms with van der Waals surface area (Å²) in [5.41, 5.74) is 0.379. The molecule has 0 bridgehead atoms. The fourth-order valence-corrected chi connectivity index (χ4v) is 3.32. The lowest BCUT2D eigenvalue weighted by atomic mass is 10.1. The van der Waals surface area contributed by atoms with E-state index in [2.05, 4.69) is 9.82 Å². The second kappa shape index (κ2) is 6.33. The molecule has 0 atom stereocenters. The number of carboxylic acid groups (broad SMARTS) is 1. The highest BCUT2D eigenvalue weighted by molar-refractivity contribution is 7.92. The molecular formula is C15H16N4O4S. The number of nitriles is 1. The number of aromatic carboxylic acids is 1. The summed E-state index contributed by atoms with van der Waals surface area (Å²) in [5, 5.41) is 22.2. The number of aromatic nitrogens is 2. The van der Waals surface area contributed by atoms with Crippen molar-refractivity contribution < 1.29 is 18.3 Å². The molecule has 0 spiro atoms. The molecule has 1 aromatic heterocycles. The smallest absolute Gasteiger partial charge is 0.335 e. The zero-order chi connectivity index (χ0) is 18.1. The Morgan fingerprint density at radius 1 is 1.42 bits per heavy atom. The van der Waals surface area contributed by atoms with Gasteiger partial charge < -0.3 is 5.11 Å². The molecular weight excluding hydrogens is 332 g/mol. The van der Waals surface area contributed by atoms with Gasteiger partial charge in [0.1, 0.15) is 11.6 Å². The second-order valence-electron chi connectivity index (χ2n) is 5.47. The lowest BCUT2D eigenvalue weighted by molar-refractivity contribution is 0.0696. The maximum absolute atomic E-state index is 12.5. The van der Waals surface area contributed by atoms with Gasteiger partial charge in [-0.1, -0.05) is 0 Å². The van der Waals surface area contributed by atoms with Gasteiger partial charge in [0.05, 0.1) is 10.5 Å². The minimum absolute atomic E-state index is 0.00625. The van der Waals surface area contributed by atoms with Gasteiger partial charge in [-0.3, -0.25) is 9.40 Å². The minimum Gasteiger partial charge on any atom is -0.478 e. The van der Waals surface area contributed by atoms with Crippen LogP contribution < -0.4 is 4.72 Å². The average molecular weight is 348 g/mol. The Morgan fingerprint density at radius 2 is 2.08 bits per heavy atom. The highest BCUT2D eigenvalue weighted by atomic mass is 32.2. The molecule has 1 heterocycles. The number of carboxylic acids is 1. The van der Waals surface area contributed by atoms with Crippen molar-refractivity contribution in [2.75, 3.05) is 4.72 Å². The first-order valence-electron chi connectivity index (χ1n) is 7.01. The number of carbonyl (C=O) groups is 1. The van der Waals surface area contributed by atoms with E-state index in [4.69, 9.17) is 10.4 Å². The molecule has 1 aromatic carbocycles. The molecule has 9 heteroatoms. The van der Waals surface area contributed by atoms with Crippen molar-refractivity contribution in [3.8, 4) is 6.07 Å². The largest absolute Gasteiger partial charge is 0.478 e. The first-order chi connectivity index (χ1) is 11.2. The summed E-state index contributed by atoms with van der Waals surface area (Å²) in [4.78, 5) is 10.9. The summed E-state index contributed by atoms with van der Waals surface area (Å²) < 4.78 is 28.8. The maximum Gasteiger partial charge on any atom is 0.335 e. The summed E-state index contributed by atoms with van der Waals surface area (Å²) in [6, 6.07) is 5.56. The molecule has 0 saturated carbocycles. The number of sulfonamides is 1. The predicted octanol–water partition coefficient (Wildman–Crippen LogP) is 2.14. The van der Waals surface area contributed by atoms with Gasteiger partial charge in [0.2, 0.25) is 0 Å². The maximum atomic E-state index is 12.5. The molecule has 0 aliphatic rings. The van der Waals surface area contributed by atoms with Crippen molar-refractivity contribution in [2.45, 2.75) is 31.7 Å². The Labute approximate surface area is 139 Å². The van der Waals surface area contributed by atoms with E-state index in [-0.39, 0.29) is 33.4 Å². The zero-order valence-corrected chi connectivity index (χ0v) is 14.1. The molecule has 0 unspecified atom stereocenters. The number of nitrogens with one attached hydrogen (secondary N) is 1. The van der Waals surface area contributed by atoms with Crippen molar-refractivity contribution >= 4 is 21.8 Å². The molecule has 2 aromatic rings. The Bertz CT molecular complexity index is 939. The highest BCUT2D eigenvalue weighted by Crippen LogP contribution is 2.22. The molecule has 0 aliphatic heterocycles. The fraction of sp³-hybridized carbons (Fsp3) is 0.267. The van der Waals surface area contributed by atoms with Gasteiger partial charge in [0, 0.05) is 12.2 Å². The number of anilines is 1. The van der Waals surface area contributed by atoms with Crippen molar-refractivity contribution in [3.63, 3.8) is 0 Å². The van der Waals surface area contributed by atoms with Gasteiger partial charge in [-0.05, 0) is 44.5 Å². The third-order valence-electron chi connectivity index (χ3n) is 3.32.